The summed E-state index contributed by atoms with van der Waals surface area (Å²) in [5, 5.41) is 17.1. The zero-order valence-corrected chi connectivity index (χ0v) is 18.8. The molecule has 0 spiro atoms. The average Bonchev–Trinajstić information content (AvgIpc) is 2.78. The van der Waals surface area contributed by atoms with Crippen molar-refractivity contribution in [3.63, 3.8) is 0 Å². The van der Waals surface area contributed by atoms with Crippen molar-refractivity contribution < 1.29 is 13.9 Å². The van der Waals surface area contributed by atoms with Gasteiger partial charge in [0.05, 0.1) is 10.6 Å². The van der Waals surface area contributed by atoms with E-state index in [9.17, 15) is 9.50 Å². The van der Waals surface area contributed by atoms with E-state index < -0.39 is 11.6 Å². The van der Waals surface area contributed by atoms with Crippen molar-refractivity contribution in [2.45, 2.75) is 13.3 Å². The molecule has 3 nitrogen and oxygen atoms in total. The van der Waals surface area contributed by atoms with E-state index in [4.69, 9.17) is 22.7 Å². The normalized spacial score (nSPS) is 12.0. The van der Waals surface area contributed by atoms with Gasteiger partial charge in [0.1, 0.15) is 17.4 Å². The Labute approximate surface area is 196 Å². The van der Waals surface area contributed by atoms with E-state index in [1.165, 1.54) is 18.2 Å². The minimum Gasteiger partial charge on any atom is -0.509 e. The number of nitrogens with two attached hydrogens (primary N) is 1. The number of nitrogen functional groups attached to an aromatic ring is 1. The molecule has 0 radical (unpaired) electrons. The standard InChI is InChI=1S/C27H23ClF2N2O/c1-3-20(21-11-10-19(29)14-24(21)28)26(22-12-13-25(32)23(15-31)27(22)30)18-8-6-17(7-9-18)5-4-16(2)33/h4-15,31,33H,2-3,32H2,1H3/b5-4+,26-20+,31-15?. The van der Waals surface area contributed by atoms with Crippen LogP contribution in [0.15, 0.2) is 73.0 Å². The summed E-state index contributed by atoms with van der Waals surface area (Å²) in [7, 11) is 0. The molecule has 0 aliphatic heterocycles. The summed E-state index contributed by atoms with van der Waals surface area (Å²) >= 11 is 6.38. The first-order valence-electron chi connectivity index (χ1n) is 10.2. The second-order valence-electron chi connectivity index (χ2n) is 7.35. The second-order valence-corrected chi connectivity index (χ2v) is 7.76. The predicted octanol–water partition coefficient (Wildman–Crippen LogP) is 7.65. The number of allylic oxidation sites excluding steroid dienone is 2. The molecule has 3 aromatic carbocycles. The molecule has 4 N–H and O–H groups in total. The van der Waals surface area contributed by atoms with Gasteiger partial charge in [0.2, 0.25) is 0 Å². The van der Waals surface area contributed by atoms with Crippen LogP contribution in [0.4, 0.5) is 14.5 Å². The van der Waals surface area contributed by atoms with Crippen LogP contribution in [0.1, 0.15) is 41.2 Å². The number of halogens is 3. The van der Waals surface area contributed by atoms with Crippen LogP contribution < -0.4 is 5.73 Å². The highest BCUT2D eigenvalue weighted by molar-refractivity contribution is 6.32. The first kappa shape index (κ1) is 24.0. The summed E-state index contributed by atoms with van der Waals surface area (Å²) in [5.41, 5.74) is 9.66. The first-order chi connectivity index (χ1) is 15.8. The molecular weight excluding hydrogens is 442 g/mol. The lowest BCUT2D eigenvalue weighted by atomic mass is 9.86. The minimum atomic E-state index is -0.621. The molecule has 0 saturated heterocycles. The largest absolute Gasteiger partial charge is 0.509 e. The third-order valence-electron chi connectivity index (χ3n) is 5.21. The summed E-state index contributed by atoms with van der Waals surface area (Å²) in [6.45, 7) is 5.33. The molecule has 0 unspecified atom stereocenters. The van der Waals surface area contributed by atoms with Crippen molar-refractivity contribution in [3.05, 3.63) is 117 Å². The van der Waals surface area contributed by atoms with Gasteiger partial charge >= 0.3 is 0 Å². The number of nitrogens with one attached hydrogen (secondary N) is 1. The van der Waals surface area contributed by atoms with Gasteiger partial charge in [0.25, 0.3) is 0 Å². The zero-order chi connectivity index (χ0) is 24.1. The van der Waals surface area contributed by atoms with Gasteiger partial charge in [-0.15, -0.1) is 0 Å². The van der Waals surface area contributed by atoms with Crippen LogP contribution in [0.5, 0.6) is 0 Å². The van der Waals surface area contributed by atoms with Crippen molar-refractivity contribution in [2.75, 3.05) is 5.73 Å². The number of aliphatic hydroxyl groups excluding tert-OH is 1. The van der Waals surface area contributed by atoms with E-state index in [0.717, 1.165) is 11.8 Å². The molecule has 0 fully saturated rings. The molecule has 0 atom stereocenters. The lowest BCUT2D eigenvalue weighted by Gasteiger charge is -2.19. The fraction of sp³-hybridized carbons (Fsp3) is 0.0741. The molecule has 3 aromatic rings. The van der Waals surface area contributed by atoms with E-state index in [0.29, 0.717) is 28.7 Å². The maximum Gasteiger partial charge on any atom is 0.141 e. The fourth-order valence-corrected chi connectivity index (χ4v) is 3.91. The van der Waals surface area contributed by atoms with Gasteiger partial charge in [-0.25, -0.2) is 8.78 Å². The summed E-state index contributed by atoms with van der Waals surface area (Å²) in [5.74, 6) is -1.15. The van der Waals surface area contributed by atoms with E-state index in [2.05, 4.69) is 6.58 Å². The number of hydrogen-bond acceptors (Lipinski definition) is 3. The Kier molecular flexibility index (Phi) is 7.46. The number of aliphatic hydroxyl groups is 1. The molecule has 0 bridgehead atoms. The zero-order valence-electron chi connectivity index (χ0n) is 18.0. The highest BCUT2D eigenvalue weighted by Gasteiger charge is 2.20. The SMILES string of the molecule is C=C(O)/C=C/c1ccc(/C(=C(/CC)c2ccc(F)cc2Cl)c2ccc(N)c(C=N)c2F)cc1. The van der Waals surface area contributed by atoms with Gasteiger partial charge in [-0.05, 0) is 64.6 Å². The molecule has 0 aliphatic carbocycles. The van der Waals surface area contributed by atoms with Crippen molar-refractivity contribution in [3.8, 4) is 0 Å². The van der Waals surface area contributed by atoms with Crippen LogP contribution in [0.2, 0.25) is 5.02 Å². The van der Waals surface area contributed by atoms with Crippen LogP contribution in [0, 0.1) is 17.0 Å². The van der Waals surface area contributed by atoms with Crippen LogP contribution in [0.25, 0.3) is 17.2 Å². The molecule has 0 amide bonds. The smallest absolute Gasteiger partial charge is 0.141 e. The number of anilines is 1. The summed E-state index contributed by atoms with van der Waals surface area (Å²) < 4.78 is 29.2. The summed E-state index contributed by atoms with van der Waals surface area (Å²) in [6, 6.07) is 14.5. The molecule has 33 heavy (non-hydrogen) atoms. The van der Waals surface area contributed by atoms with Crippen molar-refractivity contribution >= 4 is 40.7 Å². The molecule has 6 heteroatoms. The van der Waals surface area contributed by atoms with Gasteiger partial charge < -0.3 is 16.2 Å². The Morgan fingerprint density at radius 3 is 2.33 bits per heavy atom. The van der Waals surface area contributed by atoms with E-state index in [1.807, 2.05) is 31.2 Å². The Hall–Kier alpha value is -3.70. The topological polar surface area (TPSA) is 70.1 Å². The minimum absolute atomic E-state index is 0.00771. The van der Waals surface area contributed by atoms with Crippen LogP contribution >= 0.6 is 11.6 Å². The fourth-order valence-electron chi connectivity index (χ4n) is 3.63. The molecule has 0 heterocycles. The molecule has 3 rings (SSSR count). The first-order valence-corrected chi connectivity index (χ1v) is 10.6. The summed E-state index contributed by atoms with van der Waals surface area (Å²) in [4.78, 5) is 0. The lowest BCUT2D eigenvalue weighted by molar-refractivity contribution is 0.436. The highest BCUT2D eigenvalue weighted by Crippen LogP contribution is 2.39. The maximum atomic E-state index is 15.5. The Balaban J connectivity index is 2.33. The number of hydrogen-bond donors (Lipinski definition) is 3. The molecule has 0 saturated carbocycles. The van der Waals surface area contributed by atoms with Gasteiger partial charge in [-0.1, -0.05) is 61.5 Å². The number of benzene rings is 3. The van der Waals surface area contributed by atoms with Gasteiger partial charge in [-0.2, -0.15) is 0 Å². The monoisotopic (exact) mass is 464 g/mol. The van der Waals surface area contributed by atoms with Crippen LogP contribution in [0.3, 0.4) is 0 Å². The van der Waals surface area contributed by atoms with Crippen molar-refractivity contribution in [2.24, 2.45) is 0 Å². The van der Waals surface area contributed by atoms with Gasteiger partial charge in [0.15, 0.2) is 0 Å². The highest BCUT2D eigenvalue weighted by atomic mass is 35.5. The quantitative estimate of drug-likeness (QED) is 0.110. The van der Waals surface area contributed by atoms with Crippen molar-refractivity contribution in [1.29, 1.82) is 5.41 Å². The molecule has 0 aliphatic rings. The third-order valence-corrected chi connectivity index (χ3v) is 5.52. The Morgan fingerprint density at radius 2 is 1.76 bits per heavy atom. The van der Waals surface area contributed by atoms with Gasteiger partial charge in [0, 0.05) is 17.5 Å². The third kappa shape index (κ3) is 5.21. The van der Waals surface area contributed by atoms with Crippen molar-refractivity contribution in [1.82, 2.24) is 0 Å². The lowest BCUT2D eigenvalue weighted by Crippen LogP contribution is -2.04. The average molecular weight is 465 g/mol. The van der Waals surface area contributed by atoms with E-state index >= 15 is 4.39 Å². The second kappa shape index (κ2) is 10.3. The molecule has 168 valence electrons. The van der Waals surface area contributed by atoms with E-state index in [-0.39, 0.29) is 27.6 Å². The van der Waals surface area contributed by atoms with E-state index in [1.54, 1.807) is 24.3 Å². The Bertz CT molecular complexity index is 1280. The van der Waals surface area contributed by atoms with Crippen LogP contribution in [-0.2, 0) is 0 Å². The molecular formula is C27H23ClF2N2O. The van der Waals surface area contributed by atoms with Crippen LogP contribution in [-0.4, -0.2) is 11.3 Å². The van der Waals surface area contributed by atoms with Gasteiger partial charge in [-0.3, -0.25) is 0 Å². The Morgan fingerprint density at radius 1 is 1.09 bits per heavy atom. The maximum absolute atomic E-state index is 15.5. The number of rotatable bonds is 7. The summed E-state index contributed by atoms with van der Waals surface area (Å²) in [6.07, 6.45) is 4.54. The predicted molar refractivity (Wildman–Crippen MR) is 134 cm³/mol. The molecule has 0 aromatic heterocycles.